The number of hydrogen-bond acceptors (Lipinski definition) is 6. The van der Waals surface area contributed by atoms with Gasteiger partial charge in [0.05, 0.1) is 9.95 Å². The highest BCUT2D eigenvalue weighted by molar-refractivity contribution is 6.36. The fraction of sp³-hybridized carbons (Fsp3) is 0.214. The first-order chi connectivity index (χ1) is 11.7. The normalized spacial score (nSPS) is 12.7. The molecule has 0 saturated heterocycles. The molecular weight excluding hydrogens is 373 g/mol. The van der Waals surface area contributed by atoms with Crippen molar-refractivity contribution in [2.75, 3.05) is 0 Å². The van der Waals surface area contributed by atoms with E-state index in [1.54, 1.807) is 6.07 Å². The molecule has 0 aliphatic rings. The van der Waals surface area contributed by atoms with Gasteiger partial charge in [-0.1, -0.05) is 28.4 Å². The van der Waals surface area contributed by atoms with Crippen molar-refractivity contribution in [2.24, 2.45) is 10.9 Å². The minimum absolute atomic E-state index is 0.120. The first-order valence-corrected chi connectivity index (χ1v) is 7.66. The molecule has 0 spiro atoms. The molecular formula is C14H13Cl2N5O4. The van der Waals surface area contributed by atoms with Crippen LogP contribution in [0.2, 0.25) is 10.0 Å². The smallest absolute Gasteiger partial charge is 0.359 e. The highest BCUT2D eigenvalue weighted by Crippen LogP contribution is 2.22. The molecule has 2 aromatic rings. The molecule has 1 aromatic heterocycles. The van der Waals surface area contributed by atoms with Crippen molar-refractivity contribution in [2.45, 2.75) is 19.9 Å². The zero-order chi connectivity index (χ0) is 18.7. The lowest BCUT2D eigenvalue weighted by Crippen LogP contribution is -2.22. The maximum Gasteiger partial charge on any atom is 0.359 e. The Labute approximate surface area is 152 Å². The fourth-order valence-corrected chi connectivity index (χ4v) is 2.51. The zero-order valence-corrected chi connectivity index (χ0v) is 14.7. The summed E-state index contributed by atoms with van der Waals surface area (Å²) in [6.07, 6.45) is 1.06. The predicted octanol–water partition coefficient (Wildman–Crippen LogP) is 2.83. The van der Waals surface area contributed by atoms with Crippen LogP contribution in [0.25, 0.3) is 0 Å². The largest absolute Gasteiger partial charge is 0.380 e. The monoisotopic (exact) mass is 385 g/mol. The molecule has 0 saturated carbocycles. The Morgan fingerprint density at radius 3 is 2.72 bits per heavy atom. The Morgan fingerprint density at radius 2 is 2.16 bits per heavy atom. The van der Waals surface area contributed by atoms with Gasteiger partial charge in [0.1, 0.15) is 17.9 Å². The Kier molecular flexibility index (Phi) is 5.60. The topological polar surface area (TPSA) is 126 Å². The van der Waals surface area contributed by atoms with E-state index in [0.717, 1.165) is 6.20 Å². The summed E-state index contributed by atoms with van der Waals surface area (Å²) >= 11 is 11.8. The number of aromatic nitrogens is 2. The van der Waals surface area contributed by atoms with E-state index in [9.17, 15) is 14.9 Å². The van der Waals surface area contributed by atoms with E-state index in [4.69, 9.17) is 33.8 Å². The average Bonchev–Trinajstić information content (AvgIpc) is 2.93. The van der Waals surface area contributed by atoms with Crippen molar-refractivity contribution in [3.8, 4) is 0 Å². The Morgan fingerprint density at radius 1 is 1.48 bits per heavy atom. The SMILES string of the molecule is Cc1c([N+](=O)[O-])cnn1C(C)C(=O)O/N=C(\N)c1ccc(Cl)cc1Cl. The Bertz CT molecular complexity index is 865. The summed E-state index contributed by atoms with van der Waals surface area (Å²) in [5.41, 5.74) is 6.10. The number of carbonyl (C=O) groups excluding carboxylic acids is 1. The molecule has 1 aromatic carbocycles. The maximum absolute atomic E-state index is 12.1. The van der Waals surface area contributed by atoms with Gasteiger partial charge in [-0.15, -0.1) is 0 Å². The van der Waals surface area contributed by atoms with E-state index in [1.807, 2.05) is 0 Å². The summed E-state index contributed by atoms with van der Waals surface area (Å²) in [4.78, 5) is 27.1. The molecule has 132 valence electrons. The van der Waals surface area contributed by atoms with Crippen LogP contribution in [-0.4, -0.2) is 26.5 Å². The van der Waals surface area contributed by atoms with E-state index in [2.05, 4.69) is 10.3 Å². The van der Waals surface area contributed by atoms with Gasteiger partial charge in [0, 0.05) is 10.6 Å². The number of rotatable bonds is 5. The van der Waals surface area contributed by atoms with E-state index >= 15 is 0 Å². The van der Waals surface area contributed by atoms with Crippen molar-refractivity contribution in [1.29, 1.82) is 0 Å². The summed E-state index contributed by atoms with van der Waals surface area (Å²) in [5.74, 6) is -0.917. The number of benzene rings is 1. The van der Waals surface area contributed by atoms with Gasteiger partial charge in [-0.2, -0.15) is 5.10 Å². The van der Waals surface area contributed by atoms with Gasteiger partial charge in [0.15, 0.2) is 5.84 Å². The van der Waals surface area contributed by atoms with Crippen molar-refractivity contribution in [1.82, 2.24) is 9.78 Å². The summed E-state index contributed by atoms with van der Waals surface area (Å²) in [7, 11) is 0. The lowest BCUT2D eigenvalue weighted by atomic mass is 10.2. The predicted molar refractivity (Wildman–Crippen MR) is 91.6 cm³/mol. The third-order valence-electron chi connectivity index (χ3n) is 3.36. The summed E-state index contributed by atoms with van der Waals surface area (Å²) in [6.45, 7) is 2.94. The molecule has 1 atom stereocenters. The lowest BCUT2D eigenvalue weighted by Gasteiger charge is -2.10. The van der Waals surface area contributed by atoms with Crippen LogP contribution in [0.15, 0.2) is 29.6 Å². The Hall–Kier alpha value is -2.65. The molecule has 0 fully saturated rings. The second-order valence-electron chi connectivity index (χ2n) is 5.00. The van der Waals surface area contributed by atoms with Crippen LogP contribution in [-0.2, 0) is 9.63 Å². The molecule has 1 unspecified atom stereocenters. The molecule has 2 rings (SSSR count). The third-order valence-corrected chi connectivity index (χ3v) is 3.91. The number of carbonyl (C=O) groups is 1. The van der Waals surface area contributed by atoms with Gasteiger partial charge in [0.2, 0.25) is 0 Å². The average molecular weight is 386 g/mol. The van der Waals surface area contributed by atoms with Crippen LogP contribution in [0.5, 0.6) is 0 Å². The first kappa shape index (κ1) is 18.7. The van der Waals surface area contributed by atoms with Gasteiger partial charge < -0.3 is 10.6 Å². The van der Waals surface area contributed by atoms with Crippen molar-refractivity contribution in [3.05, 3.63) is 55.8 Å². The fourth-order valence-electron chi connectivity index (χ4n) is 2.00. The maximum atomic E-state index is 12.1. The number of nitro groups is 1. The molecule has 11 heteroatoms. The number of amidine groups is 1. The number of nitrogens with two attached hydrogens (primary N) is 1. The van der Waals surface area contributed by atoms with Crippen LogP contribution in [0.3, 0.4) is 0 Å². The molecule has 0 bridgehead atoms. The quantitative estimate of drug-likeness (QED) is 0.277. The van der Waals surface area contributed by atoms with Gasteiger partial charge in [-0.05, 0) is 32.0 Å². The minimum atomic E-state index is -0.939. The number of oxime groups is 1. The lowest BCUT2D eigenvalue weighted by molar-refractivity contribution is -0.385. The van der Waals surface area contributed by atoms with Crippen molar-refractivity contribution < 1.29 is 14.6 Å². The number of halogens is 2. The van der Waals surface area contributed by atoms with Crippen molar-refractivity contribution in [3.63, 3.8) is 0 Å². The standard InChI is InChI=1S/C14H13Cl2N5O4/c1-7-12(21(23)24)6-18-20(7)8(2)14(22)25-19-13(17)10-4-3-9(15)5-11(10)16/h3-6,8H,1-2H3,(H2,17,19). The summed E-state index contributed by atoms with van der Waals surface area (Å²) in [5, 5.41) is 18.9. The van der Waals surface area contributed by atoms with E-state index < -0.39 is 16.9 Å². The molecule has 0 radical (unpaired) electrons. The van der Waals surface area contributed by atoms with E-state index in [0.29, 0.717) is 10.6 Å². The zero-order valence-electron chi connectivity index (χ0n) is 13.1. The number of nitrogens with zero attached hydrogens (tertiary/aromatic N) is 4. The summed E-state index contributed by atoms with van der Waals surface area (Å²) in [6, 6.07) is 3.62. The van der Waals surface area contributed by atoms with Gasteiger partial charge in [-0.25, -0.2) is 9.48 Å². The number of hydrogen-bond donors (Lipinski definition) is 1. The minimum Gasteiger partial charge on any atom is -0.380 e. The van der Waals surface area contributed by atoms with Gasteiger partial charge in [-0.3, -0.25) is 10.1 Å². The first-order valence-electron chi connectivity index (χ1n) is 6.90. The van der Waals surface area contributed by atoms with Crippen LogP contribution in [0, 0.1) is 17.0 Å². The second-order valence-corrected chi connectivity index (χ2v) is 5.85. The molecule has 9 nitrogen and oxygen atoms in total. The molecule has 25 heavy (non-hydrogen) atoms. The highest BCUT2D eigenvalue weighted by atomic mass is 35.5. The van der Waals surface area contributed by atoms with Gasteiger partial charge >= 0.3 is 11.7 Å². The second kappa shape index (κ2) is 7.49. The van der Waals surface area contributed by atoms with Crippen LogP contribution < -0.4 is 5.73 Å². The third kappa shape index (κ3) is 4.06. The molecule has 1 heterocycles. The van der Waals surface area contributed by atoms with Crippen molar-refractivity contribution >= 4 is 40.7 Å². The molecule has 0 aliphatic heterocycles. The van der Waals surface area contributed by atoms with Gasteiger partial charge in [0.25, 0.3) is 0 Å². The molecule has 2 N–H and O–H groups in total. The highest BCUT2D eigenvalue weighted by Gasteiger charge is 2.25. The van der Waals surface area contributed by atoms with E-state index in [1.165, 1.54) is 30.7 Å². The summed E-state index contributed by atoms with van der Waals surface area (Å²) < 4.78 is 1.17. The van der Waals surface area contributed by atoms with Crippen LogP contribution >= 0.6 is 23.2 Å². The molecule has 0 amide bonds. The van der Waals surface area contributed by atoms with E-state index in [-0.39, 0.29) is 22.2 Å². The van der Waals surface area contributed by atoms with Crippen LogP contribution in [0.4, 0.5) is 5.69 Å². The van der Waals surface area contributed by atoms with Crippen LogP contribution in [0.1, 0.15) is 24.2 Å². The molecule has 0 aliphatic carbocycles. The Balaban J connectivity index is 2.14.